The number of hydrogen-bond acceptors (Lipinski definition) is 4. The number of hydrogen-bond donors (Lipinski definition) is 0. The molecule has 0 radical (unpaired) electrons. The molecular weight excluding hydrogens is 341 g/mol. The van der Waals surface area contributed by atoms with Crippen molar-refractivity contribution in [3.05, 3.63) is 29.6 Å². The van der Waals surface area contributed by atoms with E-state index in [1.165, 1.54) is 6.04 Å². The lowest BCUT2D eigenvalue weighted by Crippen LogP contribution is -2.41. The third-order valence-electron chi connectivity index (χ3n) is 5.70. The van der Waals surface area contributed by atoms with Crippen LogP contribution in [-0.2, 0) is 14.0 Å². The van der Waals surface area contributed by atoms with Crippen LogP contribution < -0.4 is 5.46 Å². The molecule has 1 aromatic rings. The Labute approximate surface area is 159 Å². The van der Waals surface area contributed by atoms with Gasteiger partial charge in [0.15, 0.2) is 0 Å². The molecule has 26 heavy (non-hydrogen) atoms. The van der Waals surface area contributed by atoms with Gasteiger partial charge < -0.3 is 14.0 Å². The van der Waals surface area contributed by atoms with Gasteiger partial charge in [-0.15, -0.1) is 0 Å². The normalized spacial score (nSPS) is 23.5. The Kier molecular flexibility index (Phi) is 5.25. The van der Waals surface area contributed by atoms with Gasteiger partial charge in [0.2, 0.25) is 0 Å². The number of pyridine rings is 1. The Hall–Kier alpha value is -0.948. The Bertz CT molecular complexity index is 681. The van der Waals surface area contributed by atoms with E-state index in [-0.39, 0.29) is 24.2 Å². The van der Waals surface area contributed by atoms with Gasteiger partial charge in [-0.25, -0.2) is 0 Å². The van der Waals surface area contributed by atoms with Gasteiger partial charge in [0.25, 0.3) is 0 Å². The fourth-order valence-electron chi connectivity index (χ4n) is 3.18. The van der Waals surface area contributed by atoms with Crippen molar-refractivity contribution < 1.29 is 14.0 Å². The van der Waals surface area contributed by atoms with Crippen LogP contribution in [0.25, 0.3) is 6.08 Å². The molecule has 1 aliphatic carbocycles. The number of rotatable bonds is 6. The zero-order valence-corrected chi connectivity index (χ0v) is 18.3. The van der Waals surface area contributed by atoms with Gasteiger partial charge in [-0.3, -0.25) is 4.98 Å². The molecule has 2 heterocycles. The molecule has 0 aromatic carbocycles. The molecule has 0 amide bonds. The second-order valence-electron chi connectivity index (χ2n) is 9.64. The summed E-state index contributed by atoms with van der Waals surface area (Å²) in [6.45, 7) is 17.0. The number of ether oxygens (including phenoxy) is 1. The molecule has 1 atom stereocenters. The van der Waals surface area contributed by atoms with Crippen LogP contribution >= 0.6 is 0 Å². The van der Waals surface area contributed by atoms with E-state index in [1.54, 1.807) is 0 Å². The molecule has 1 aliphatic heterocycles. The van der Waals surface area contributed by atoms with Crippen LogP contribution in [-0.4, -0.2) is 44.6 Å². The molecule has 1 aromatic heterocycles. The monoisotopic (exact) mass is 373 g/mol. The first-order valence-electron chi connectivity index (χ1n) is 9.61. The summed E-state index contributed by atoms with van der Waals surface area (Å²) in [5.41, 5.74) is 2.59. The van der Waals surface area contributed by atoms with Crippen molar-refractivity contribution in [3.8, 4) is 0 Å². The largest absolute Gasteiger partial charge is 0.495 e. The summed E-state index contributed by atoms with van der Waals surface area (Å²) < 4.78 is 18.4. The molecule has 6 heteroatoms. The molecule has 0 spiro atoms. The van der Waals surface area contributed by atoms with Crippen molar-refractivity contribution in [2.24, 2.45) is 0 Å². The maximum absolute atomic E-state index is 6.24. The molecule has 1 unspecified atom stereocenters. The van der Waals surface area contributed by atoms with Crippen LogP contribution in [0.5, 0.6) is 0 Å². The van der Waals surface area contributed by atoms with E-state index in [0.29, 0.717) is 6.61 Å². The number of nitrogens with zero attached hydrogens (tertiary/aromatic N) is 1. The predicted octanol–water partition coefficient (Wildman–Crippen LogP) is 3.85. The zero-order valence-electron chi connectivity index (χ0n) is 17.3. The van der Waals surface area contributed by atoms with E-state index < -0.39 is 8.07 Å². The van der Waals surface area contributed by atoms with Crippen LogP contribution in [0.4, 0.5) is 0 Å². The van der Waals surface area contributed by atoms with Gasteiger partial charge in [-0.2, -0.15) is 0 Å². The molecular formula is C20H32BNO3Si. The molecule has 1 saturated heterocycles. The van der Waals surface area contributed by atoms with Crippen LogP contribution in [0, 0.1) is 0 Å². The third-order valence-corrected chi connectivity index (χ3v) is 7.41. The van der Waals surface area contributed by atoms with E-state index in [2.05, 4.69) is 64.5 Å². The van der Waals surface area contributed by atoms with Crippen molar-refractivity contribution in [1.82, 2.24) is 4.98 Å². The zero-order chi connectivity index (χ0) is 19.2. The summed E-state index contributed by atoms with van der Waals surface area (Å²) in [5.74, 6) is 0.217. The van der Waals surface area contributed by atoms with Gasteiger partial charge in [-0.1, -0.05) is 31.8 Å². The summed E-state index contributed by atoms with van der Waals surface area (Å²) in [6.07, 6.45) is 6.21. The minimum absolute atomic E-state index is 0.217. The van der Waals surface area contributed by atoms with Crippen molar-refractivity contribution in [3.63, 3.8) is 0 Å². The first-order chi connectivity index (χ1) is 12.0. The highest BCUT2D eigenvalue weighted by Crippen LogP contribution is 2.37. The highest BCUT2D eigenvalue weighted by Gasteiger charge is 2.52. The molecule has 0 saturated carbocycles. The van der Waals surface area contributed by atoms with E-state index in [0.717, 1.165) is 23.3 Å². The average Bonchev–Trinajstić information content (AvgIpc) is 3.01. The van der Waals surface area contributed by atoms with Crippen LogP contribution in [0.15, 0.2) is 18.3 Å². The highest BCUT2D eigenvalue weighted by atomic mass is 28.3. The molecule has 2 aliphatic rings. The Morgan fingerprint density at radius 2 is 1.81 bits per heavy atom. The van der Waals surface area contributed by atoms with Crippen LogP contribution in [0.3, 0.4) is 0 Å². The average molecular weight is 373 g/mol. The summed E-state index contributed by atoms with van der Waals surface area (Å²) in [6, 6.07) is 3.21. The maximum Gasteiger partial charge on any atom is 0.495 e. The lowest BCUT2D eigenvalue weighted by molar-refractivity contribution is 0.00578. The lowest BCUT2D eigenvalue weighted by Gasteiger charge is -2.32. The van der Waals surface area contributed by atoms with Gasteiger partial charge in [0.1, 0.15) is 0 Å². The second-order valence-corrected chi connectivity index (χ2v) is 15.3. The Morgan fingerprint density at radius 1 is 1.15 bits per heavy atom. The molecule has 1 fully saturated rings. The van der Waals surface area contributed by atoms with Crippen LogP contribution in [0.2, 0.25) is 25.7 Å². The smallest absolute Gasteiger partial charge is 0.399 e. The highest BCUT2D eigenvalue weighted by molar-refractivity contribution is 6.76. The number of aromatic nitrogens is 1. The molecule has 142 valence electrons. The van der Waals surface area contributed by atoms with Crippen LogP contribution in [0.1, 0.15) is 44.9 Å². The van der Waals surface area contributed by atoms with Gasteiger partial charge >= 0.3 is 7.12 Å². The number of fused-ring (bicyclic) bond motifs is 1. The minimum Gasteiger partial charge on any atom is -0.399 e. The molecule has 4 nitrogen and oxygen atoms in total. The van der Waals surface area contributed by atoms with Crippen molar-refractivity contribution in [2.45, 2.75) is 70.5 Å². The third kappa shape index (κ3) is 3.98. The van der Waals surface area contributed by atoms with E-state index in [1.807, 2.05) is 12.3 Å². The van der Waals surface area contributed by atoms with E-state index in [9.17, 15) is 0 Å². The maximum atomic E-state index is 6.24. The Morgan fingerprint density at radius 3 is 2.42 bits per heavy atom. The fraction of sp³-hybridized carbons (Fsp3) is 0.650. The van der Waals surface area contributed by atoms with Crippen molar-refractivity contribution in [2.75, 3.05) is 13.2 Å². The SMILES string of the molecule is CC1(C)OB(c2ccnc3c2C=CC3COCC[Si](C)(C)C)OC1(C)C. The standard InChI is InChI=1S/C20H32BNO3Si/c1-19(2)20(3,4)25-21(24-19)17-10-11-22-18-15(8-9-16(17)18)14-23-12-13-26(5,6)7/h8-11,15H,12-14H2,1-7H3. The molecule has 0 N–H and O–H groups in total. The molecule has 0 bridgehead atoms. The fourth-order valence-corrected chi connectivity index (χ4v) is 3.94. The second kappa shape index (κ2) is 6.90. The van der Waals surface area contributed by atoms with Gasteiger partial charge in [-0.05, 0) is 50.8 Å². The topological polar surface area (TPSA) is 40.6 Å². The van der Waals surface area contributed by atoms with E-state index >= 15 is 0 Å². The Balaban J connectivity index is 1.70. The summed E-state index contributed by atoms with van der Waals surface area (Å²) in [4.78, 5) is 4.63. The predicted molar refractivity (Wildman–Crippen MR) is 111 cm³/mol. The summed E-state index contributed by atoms with van der Waals surface area (Å²) in [7, 11) is -1.41. The molecule has 3 rings (SSSR count). The lowest BCUT2D eigenvalue weighted by atomic mass is 9.76. The summed E-state index contributed by atoms with van der Waals surface area (Å²) >= 11 is 0. The first-order valence-corrected chi connectivity index (χ1v) is 13.3. The first kappa shape index (κ1) is 19.8. The van der Waals surface area contributed by atoms with Gasteiger partial charge in [0, 0.05) is 26.8 Å². The quantitative estimate of drug-likeness (QED) is 0.561. The van der Waals surface area contributed by atoms with Crippen molar-refractivity contribution >= 4 is 26.7 Å². The van der Waals surface area contributed by atoms with Crippen molar-refractivity contribution in [1.29, 1.82) is 0 Å². The summed E-state index contributed by atoms with van der Waals surface area (Å²) in [5, 5.41) is 0. The van der Waals surface area contributed by atoms with E-state index in [4.69, 9.17) is 14.0 Å². The minimum atomic E-state index is -1.05. The van der Waals surface area contributed by atoms with Gasteiger partial charge in [0.05, 0.1) is 23.5 Å².